The Kier molecular flexibility index (Phi) is 4.45. The van der Waals surface area contributed by atoms with Crippen molar-refractivity contribution in [2.45, 2.75) is 0 Å². The lowest BCUT2D eigenvalue weighted by Crippen LogP contribution is -1.72. The lowest BCUT2D eigenvalue weighted by atomic mass is 10.1. The van der Waals surface area contributed by atoms with Gasteiger partial charge in [0.15, 0.2) is 5.58 Å². The van der Waals surface area contributed by atoms with Crippen LogP contribution in [0.1, 0.15) is 5.56 Å². The van der Waals surface area contributed by atoms with Gasteiger partial charge in [-0.1, -0.05) is 60.7 Å². The molecule has 0 aliphatic heterocycles. The van der Waals surface area contributed by atoms with E-state index in [1.807, 2.05) is 54.6 Å². The predicted molar refractivity (Wildman–Crippen MR) is 125 cm³/mol. The number of para-hydroxylation sites is 4. The second-order valence-corrected chi connectivity index (χ2v) is 7.77. The van der Waals surface area contributed by atoms with Crippen LogP contribution in [0.2, 0.25) is 0 Å². The highest BCUT2D eigenvalue weighted by Crippen LogP contribution is 2.31. The molecule has 0 N–H and O–H groups in total. The molecule has 0 radical (unpaired) electrons. The minimum atomic E-state index is 0.587. The van der Waals surface area contributed by atoms with Crippen LogP contribution in [0.15, 0.2) is 93.8 Å². The number of nitrogens with zero attached hydrogens (tertiary/aromatic N) is 1. The first-order valence-electron chi connectivity index (χ1n) is 9.12. The van der Waals surface area contributed by atoms with E-state index in [1.54, 1.807) is 6.07 Å². The maximum atomic E-state index is 8.95. The van der Waals surface area contributed by atoms with Gasteiger partial charge in [0.25, 0.3) is 0 Å². The second kappa shape index (κ2) is 7.26. The van der Waals surface area contributed by atoms with Gasteiger partial charge in [0.05, 0.1) is 9.13 Å². The standard InChI is InChI=1S/C13H7NO.C12H7IO/c14-8-9-4-3-6-11-10-5-1-2-7-12(10)15-13(9)11;13-10-6-3-5-9-8-4-1-2-7-11(8)14-12(9)10/h1-7H;1-7H. The van der Waals surface area contributed by atoms with E-state index in [4.69, 9.17) is 14.1 Å². The number of nitriles is 1. The Morgan fingerprint density at radius 3 is 1.76 bits per heavy atom. The van der Waals surface area contributed by atoms with Gasteiger partial charge in [-0.3, -0.25) is 0 Å². The minimum absolute atomic E-state index is 0.587. The van der Waals surface area contributed by atoms with Crippen molar-refractivity contribution in [3.63, 3.8) is 0 Å². The highest BCUT2D eigenvalue weighted by molar-refractivity contribution is 14.1. The zero-order chi connectivity index (χ0) is 19.8. The third-order valence-corrected chi connectivity index (χ3v) is 5.73. The van der Waals surface area contributed by atoms with Crippen molar-refractivity contribution < 1.29 is 8.83 Å². The largest absolute Gasteiger partial charge is 0.455 e. The summed E-state index contributed by atoms with van der Waals surface area (Å²) < 4.78 is 12.6. The topological polar surface area (TPSA) is 50.1 Å². The Balaban J connectivity index is 0.000000125. The molecule has 0 saturated heterocycles. The normalized spacial score (nSPS) is 10.9. The summed E-state index contributed by atoms with van der Waals surface area (Å²) in [5.41, 5.74) is 4.06. The molecular weight excluding hydrogens is 473 g/mol. The van der Waals surface area contributed by atoms with Crippen molar-refractivity contribution in [3.8, 4) is 6.07 Å². The molecule has 0 bridgehead atoms. The van der Waals surface area contributed by atoms with E-state index < -0.39 is 0 Å². The van der Waals surface area contributed by atoms with Crippen molar-refractivity contribution >= 4 is 66.5 Å². The van der Waals surface area contributed by atoms with E-state index in [0.29, 0.717) is 11.1 Å². The molecule has 0 amide bonds. The summed E-state index contributed by atoms with van der Waals surface area (Å²) in [6, 6.07) is 29.9. The van der Waals surface area contributed by atoms with E-state index in [-0.39, 0.29) is 0 Å². The first kappa shape index (κ1) is 17.8. The van der Waals surface area contributed by atoms with Crippen molar-refractivity contribution in [3.05, 3.63) is 94.1 Å². The minimum Gasteiger partial charge on any atom is -0.455 e. The summed E-state index contributed by atoms with van der Waals surface area (Å²) in [5.74, 6) is 0. The SMILES string of the molecule is Ic1cccc2c1oc1ccccc12.N#Cc1cccc2c1oc1ccccc12. The summed E-state index contributed by atoms with van der Waals surface area (Å²) in [5, 5.41) is 13.4. The lowest BCUT2D eigenvalue weighted by molar-refractivity contribution is 0.666. The Hall–Kier alpha value is -3.30. The zero-order valence-corrected chi connectivity index (χ0v) is 17.4. The van der Waals surface area contributed by atoms with Crippen LogP contribution in [0.5, 0.6) is 0 Å². The van der Waals surface area contributed by atoms with Gasteiger partial charge in [-0.15, -0.1) is 0 Å². The van der Waals surface area contributed by atoms with Gasteiger partial charge in [-0.25, -0.2) is 0 Å². The van der Waals surface area contributed by atoms with Crippen LogP contribution in [0.4, 0.5) is 0 Å². The molecule has 4 aromatic carbocycles. The van der Waals surface area contributed by atoms with Gasteiger partial charge in [0, 0.05) is 21.5 Å². The maximum absolute atomic E-state index is 8.95. The van der Waals surface area contributed by atoms with E-state index in [1.165, 1.54) is 10.8 Å². The first-order chi connectivity index (χ1) is 14.3. The summed E-state index contributed by atoms with van der Waals surface area (Å²) >= 11 is 2.30. The van der Waals surface area contributed by atoms with Crippen molar-refractivity contribution in [2.24, 2.45) is 0 Å². The molecule has 0 unspecified atom stereocenters. The number of hydrogen-bond donors (Lipinski definition) is 0. The highest BCUT2D eigenvalue weighted by atomic mass is 127. The number of halogens is 1. The van der Waals surface area contributed by atoms with Crippen LogP contribution >= 0.6 is 22.6 Å². The van der Waals surface area contributed by atoms with E-state index >= 15 is 0 Å². The van der Waals surface area contributed by atoms with Crippen LogP contribution in [-0.4, -0.2) is 0 Å². The fourth-order valence-electron chi connectivity index (χ4n) is 3.55. The molecule has 2 heterocycles. The average molecular weight is 487 g/mol. The van der Waals surface area contributed by atoms with Gasteiger partial charge >= 0.3 is 0 Å². The van der Waals surface area contributed by atoms with Crippen LogP contribution in [0, 0.1) is 14.9 Å². The molecule has 6 rings (SSSR count). The van der Waals surface area contributed by atoms with Gasteiger partial charge in [-0.2, -0.15) is 5.26 Å². The fourth-order valence-corrected chi connectivity index (χ4v) is 4.16. The molecule has 0 atom stereocenters. The Morgan fingerprint density at radius 1 is 0.586 bits per heavy atom. The molecule has 0 saturated carbocycles. The highest BCUT2D eigenvalue weighted by Gasteiger charge is 2.09. The lowest BCUT2D eigenvalue weighted by Gasteiger charge is -1.90. The van der Waals surface area contributed by atoms with E-state index in [9.17, 15) is 0 Å². The Morgan fingerprint density at radius 2 is 1.10 bits per heavy atom. The van der Waals surface area contributed by atoms with Crippen molar-refractivity contribution in [1.82, 2.24) is 0 Å². The number of benzene rings is 4. The van der Waals surface area contributed by atoms with Crippen LogP contribution in [0.3, 0.4) is 0 Å². The van der Waals surface area contributed by atoms with Gasteiger partial charge < -0.3 is 8.83 Å². The number of furan rings is 2. The molecule has 0 aliphatic rings. The van der Waals surface area contributed by atoms with Crippen molar-refractivity contribution in [1.29, 1.82) is 5.26 Å². The maximum Gasteiger partial charge on any atom is 0.153 e. The third kappa shape index (κ3) is 3.04. The first-order valence-corrected chi connectivity index (χ1v) is 10.2. The molecule has 4 heteroatoms. The smallest absolute Gasteiger partial charge is 0.153 e. The summed E-state index contributed by atoms with van der Waals surface area (Å²) in [7, 11) is 0. The van der Waals surface area contributed by atoms with E-state index in [0.717, 1.165) is 31.1 Å². The van der Waals surface area contributed by atoms with Gasteiger partial charge in [0.2, 0.25) is 0 Å². The summed E-state index contributed by atoms with van der Waals surface area (Å²) in [6.45, 7) is 0. The molecule has 0 spiro atoms. The van der Waals surface area contributed by atoms with Gasteiger partial charge in [0.1, 0.15) is 22.8 Å². The number of rotatable bonds is 0. The molecule has 138 valence electrons. The van der Waals surface area contributed by atoms with Crippen LogP contribution in [0.25, 0.3) is 43.9 Å². The zero-order valence-electron chi connectivity index (χ0n) is 15.2. The summed E-state index contributed by atoms with van der Waals surface area (Å²) in [6.07, 6.45) is 0. The fraction of sp³-hybridized carbons (Fsp3) is 0. The molecule has 3 nitrogen and oxygen atoms in total. The molecule has 0 fully saturated rings. The van der Waals surface area contributed by atoms with Crippen molar-refractivity contribution in [2.75, 3.05) is 0 Å². The molecule has 2 aromatic heterocycles. The third-order valence-electron chi connectivity index (χ3n) is 4.88. The predicted octanol–water partition coefficient (Wildman–Crippen LogP) is 7.65. The molecular formula is C25H14INO2. The Bertz CT molecular complexity index is 1540. The second-order valence-electron chi connectivity index (χ2n) is 6.61. The van der Waals surface area contributed by atoms with Gasteiger partial charge in [-0.05, 0) is 46.9 Å². The molecule has 0 aliphatic carbocycles. The summed E-state index contributed by atoms with van der Waals surface area (Å²) in [4.78, 5) is 0. The monoisotopic (exact) mass is 487 g/mol. The number of fused-ring (bicyclic) bond motifs is 6. The molecule has 29 heavy (non-hydrogen) atoms. The van der Waals surface area contributed by atoms with Crippen LogP contribution in [-0.2, 0) is 0 Å². The van der Waals surface area contributed by atoms with Crippen LogP contribution < -0.4 is 0 Å². The van der Waals surface area contributed by atoms with E-state index in [2.05, 4.69) is 52.9 Å². The quantitative estimate of drug-likeness (QED) is 0.207. The Labute approximate surface area is 180 Å². The number of hydrogen-bond acceptors (Lipinski definition) is 3. The molecule has 6 aromatic rings. The average Bonchev–Trinajstić information content (AvgIpc) is 3.34.